The van der Waals surface area contributed by atoms with Crippen molar-refractivity contribution in [1.82, 2.24) is 0 Å². The van der Waals surface area contributed by atoms with Crippen LogP contribution < -0.4 is 5.32 Å². The summed E-state index contributed by atoms with van der Waals surface area (Å²) in [5, 5.41) is 11.6. The molecule has 1 N–H and O–H groups in total. The zero-order valence-electron chi connectivity index (χ0n) is 14.6. The van der Waals surface area contributed by atoms with Gasteiger partial charge in [-0.15, -0.1) is 10.2 Å². The van der Waals surface area contributed by atoms with Gasteiger partial charge in [0, 0.05) is 5.56 Å². The lowest BCUT2D eigenvalue weighted by Gasteiger charge is -2.15. The standard InChI is InChI=1S/C20H21N3O2/c1-4-14(2)20(25)15(3)21-18-11-7-8-12-19(18)23-22-17-10-6-5-9-16(17)13-24/h4-13,15,21H,1-3H3/b14-4+,23-22?. The third-order valence-corrected chi connectivity index (χ3v) is 3.82. The predicted molar refractivity (Wildman–Crippen MR) is 100.0 cm³/mol. The lowest BCUT2D eigenvalue weighted by molar-refractivity contribution is -0.115. The van der Waals surface area contributed by atoms with E-state index < -0.39 is 0 Å². The molecule has 1 atom stereocenters. The molecule has 0 bridgehead atoms. The Bertz CT molecular complexity index is 825. The molecule has 0 radical (unpaired) electrons. The van der Waals surface area contributed by atoms with Crippen LogP contribution in [0.25, 0.3) is 0 Å². The van der Waals surface area contributed by atoms with Crippen LogP contribution in [0.3, 0.4) is 0 Å². The van der Waals surface area contributed by atoms with Gasteiger partial charge in [-0.25, -0.2) is 0 Å². The molecule has 0 heterocycles. The van der Waals surface area contributed by atoms with Crippen LogP contribution >= 0.6 is 0 Å². The summed E-state index contributed by atoms with van der Waals surface area (Å²) < 4.78 is 0. The second kappa shape index (κ2) is 8.68. The minimum atomic E-state index is -0.380. The molecule has 5 heteroatoms. The first-order chi connectivity index (χ1) is 12.1. The fourth-order valence-corrected chi connectivity index (χ4v) is 2.25. The minimum absolute atomic E-state index is 0.0283. The summed E-state index contributed by atoms with van der Waals surface area (Å²) in [6.07, 6.45) is 2.54. The molecule has 0 fully saturated rings. The number of azo groups is 1. The van der Waals surface area contributed by atoms with Gasteiger partial charge < -0.3 is 5.32 Å². The molecule has 0 amide bonds. The van der Waals surface area contributed by atoms with Crippen molar-refractivity contribution in [3.05, 3.63) is 65.7 Å². The first kappa shape index (κ1) is 18.3. The maximum absolute atomic E-state index is 12.2. The molecule has 0 spiro atoms. The monoisotopic (exact) mass is 335 g/mol. The van der Waals surface area contributed by atoms with Gasteiger partial charge in [-0.1, -0.05) is 30.3 Å². The number of benzene rings is 2. The highest BCUT2D eigenvalue weighted by Gasteiger charge is 2.15. The van der Waals surface area contributed by atoms with Crippen LogP contribution in [0.2, 0.25) is 0 Å². The van der Waals surface area contributed by atoms with Gasteiger partial charge in [-0.2, -0.15) is 0 Å². The third kappa shape index (κ3) is 4.70. The van der Waals surface area contributed by atoms with Crippen LogP contribution in [0, 0.1) is 0 Å². The number of aldehydes is 1. The summed E-state index contributed by atoms with van der Waals surface area (Å²) in [7, 11) is 0. The largest absolute Gasteiger partial charge is 0.373 e. The quantitative estimate of drug-likeness (QED) is 0.427. The number of allylic oxidation sites excluding steroid dienone is 1. The number of rotatable bonds is 7. The van der Waals surface area contributed by atoms with Crippen molar-refractivity contribution in [2.24, 2.45) is 10.2 Å². The van der Waals surface area contributed by atoms with Crippen LogP contribution in [0.5, 0.6) is 0 Å². The molecule has 2 aromatic carbocycles. The van der Waals surface area contributed by atoms with E-state index >= 15 is 0 Å². The maximum Gasteiger partial charge on any atom is 0.180 e. The van der Waals surface area contributed by atoms with E-state index in [9.17, 15) is 9.59 Å². The van der Waals surface area contributed by atoms with Gasteiger partial charge in [0.25, 0.3) is 0 Å². The second-order valence-corrected chi connectivity index (χ2v) is 5.60. The molecule has 2 aromatic rings. The molecule has 0 saturated heterocycles. The first-order valence-electron chi connectivity index (χ1n) is 8.05. The van der Waals surface area contributed by atoms with E-state index in [0.717, 1.165) is 6.29 Å². The molecule has 1 unspecified atom stereocenters. The first-order valence-corrected chi connectivity index (χ1v) is 8.05. The smallest absolute Gasteiger partial charge is 0.180 e. The second-order valence-electron chi connectivity index (χ2n) is 5.60. The van der Waals surface area contributed by atoms with E-state index in [-0.39, 0.29) is 11.8 Å². The van der Waals surface area contributed by atoms with Crippen LogP contribution in [-0.4, -0.2) is 18.1 Å². The van der Waals surface area contributed by atoms with Crippen LogP contribution in [-0.2, 0) is 4.79 Å². The van der Waals surface area contributed by atoms with Crippen molar-refractivity contribution in [3.63, 3.8) is 0 Å². The average molecular weight is 335 g/mol. The molecule has 5 nitrogen and oxygen atoms in total. The summed E-state index contributed by atoms with van der Waals surface area (Å²) in [4.78, 5) is 23.3. The highest BCUT2D eigenvalue weighted by atomic mass is 16.1. The molecule has 25 heavy (non-hydrogen) atoms. The molecule has 0 saturated carbocycles. The molecular weight excluding hydrogens is 314 g/mol. The number of Topliss-reactive ketones (excluding diaryl/α,β-unsaturated/α-hetero) is 1. The fraction of sp³-hybridized carbons (Fsp3) is 0.200. The molecular formula is C20H21N3O2. The van der Waals surface area contributed by atoms with Gasteiger partial charge in [0.1, 0.15) is 5.69 Å². The van der Waals surface area contributed by atoms with E-state index in [4.69, 9.17) is 0 Å². The Morgan fingerprint density at radius 1 is 1.04 bits per heavy atom. The van der Waals surface area contributed by atoms with Crippen LogP contribution in [0.1, 0.15) is 31.1 Å². The molecule has 0 aromatic heterocycles. The fourth-order valence-electron chi connectivity index (χ4n) is 2.25. The van der Waals surface area contributed by atoms with Gasteiger partial charge >= 0.3 is 0 Å². The zero-order valence-corrected chi connectivity index (χ0v) is 14.6. The van der Waals surface area contributed by atoms with Crippen molar-refractivity contribution in [3.8, 4) is 0 Å². The summed E-state index contributed by atoms with van der Waals surface area (Å²) in [5.74, 6) is 0.0283. The number of nitrogens with one attached hydrogen (secondary N) is 1. The Hall–Kier alpha value is -3.08. The van der Waals surface area contributed by atoms with Gasteiger partial charge in [-0.05, 0) is 50.6 Å². The number of ketones is 1. The Morgan fingerprint density at radius 2 is 1.64 bits per heavy atom. The Morgan fingerprint density at radius 3 is 2.32 bits per heavy atom. The number of hydrogen-bond donors (Lipinski definition) is 1. The third-order valence-electron chi connectivity index (χ3n) is 3.82. The molecule has 2 rings (SSSR count). The van der Waals surface area contributed by atoms with Gasteiger partial charge in [0.05, 0.1) is 17.4 Å². The van der Waals surface area contributed by atoms with Crippen molar-refractivity contribution in [1.29, 1.82) is 0 Å². The number of anilines is 1. The summed E-state index contributed by atoms with van der Waals surface area (Å²) in [6, 6.07) is 14.0. The number of hydrogen-bond acceptors (Lipinski definition) is 5. The molecule has 0 aliphatic heterocycles. The molecule has 128 valence electrons. The average Bonchev–Trinajstić information content (AvgIpc) is 2.66. The minimum Gasteiger partial charge on any atom is -0.373 e. The molecule has 0 aliphatic rings. The lowest BCUT2D eigenvalue weighted by Crippen LogP contribution is -2.26. The van der Waals surface area contributed by atoms with E-state index in [1.165, 1.54) is 0 Å². The van der Waals surface area contributed by atoms with Crippen molar-refractivity contribution < 1.29 is 9.59 Å². The summed E-state index contributed by atoms with van der Waals surface area (Å²) in [6.45, 7) is 5.44. The predicted octanol–water partition coefficient (Wildman–Crippen LogP) is 5.25. The summed E-state index contributed by atoms with van der Waals surface area (Å²) >= 11 is 0. The van der Waals surface area contributed by atoms with Gasteiger partial charge in [0.2, 0.25) is 0 Å². The van der Waals surface area contributed by atoms with Crippen molar-refractivity contribution >= 4 is 29.1 Å². The number of carbonyl (C=O) groups excluding carboxylic acids is 2. The van der Waals surface area contributed by atoms with Gasteiger partial charge in [0.15, 0.2) is 12.1 Å². The topological polar surface area (TPSA) is 70.9 Å². The van der Waals surface area contributed by atoms with Crippen molar-refractivity contribution in [2.75, 3.05) is 5.32 Å². The number of carbonyl (C=O) groups is 2. The summed E-state index contributed by atoms with van der Waals surface area (Å²) in [5.41, 5.74) is 2.99. The number of para-hydroxylation sites is 1. The molecule has 0 aliphatic carbocycles. The normalized spacial score (nSPS) is 12.8. The van der Waals surface area contributed by atoms with E-state index in [0.29, 0.717) is 28.2 Å². The Kier molecular flexibility index (Phi) is 6.34. The van der Waals surface area contributed by atoms with Crippen LogP contribution in [0.15, 0.2) is 70.4 Å². The van der Waals surface area contributed by atoms with Crippen LogP contribution in [0.4, 0.5) is 17.1 Å². The van der Waals surface area contributed by atoms with E-state index in [1.54, 1.807) is 43.3 Å². The highest BCUT2D eigenvalue weighted by molar-refractivity contribution is 6.00. The lowest BCUT2D eigenvalue weighted by atomic mass is 10.1. The Labute approximate surface area is 147 Å². The van der Waals surface area contributed by atoms with E-state index in [1.807, 2.05) is 32.0 Å². The van der Waals surface area contributed by atoms with E-state index in [2.05, 4.69) is 15.5 Å². The highest BCUT2D eigenvalue weighted by Crippen LogP contribution is 2.28. The number of nitrogens with zero attached hydrogens (tertiary/aromatic N) is 2. The maximum atomic E-state index is 12.2. The Balaban J connectivity index is 2.25. The van der Waals surface area contributed by atoms with Crippen molar-refractivity contribution in [2.45, 2.75) is 26.8 Å². The zero-order chi connectivity index (χ0) is 18.2. The SMILES string of the molecule is C/C=C(\C)C(=O)C(C)Nc1ccccc1N=Nc1ccccc1C=O. The van der Waals surface area contributed by atoms with Gasteiger partial charge in [-0.3, -0.25) is 9.59 Å².